The van der Waals surface area contributed by atoms with E-state index in [1.165, 1.54) is 0 Å². The molecule has 1 amide bonds. The fraction of sp³-hybridized carbons (Fsp3) is 0.619. The third-order valence-electron chi connectivity index (χ3n) is 5.58. The Morgan fingerprint density at radius 2 is 1.96 bits per heavy atom. The maximum Gasteiger partial charge on any atom is 0.326 e. The zero-order valence-electron chi connectivity index (χ0n) is 17.0. The Hall–Kier alpha value is -2.44. The van der Waals surface area contributed by atoms with Crippen LogP contribution in [0.1, 0.15) is 80.5 Å². The van der Waals surface area contributed by atoms with Crippen LogP contribution in [-0.4, -0.2) is 37.8 Å². The van der Waals surface area contributed by atoms with Gasteiger partial charge in [-0.05, 0) is 58.9 Å². The van der Waals surface area contributed by atoms with Gasteiger partial charge in [0.2, 0.25) is 0 Å². The van der Waals surface area contributed by atoms with E-state index in [0.29, 0.717) is 34.9 Å². The molecule has 28 heavy (non-hydrogen) atoms. The van der Waals surface area contributed by atoms with Gasteiger partial charge in [0.1, 0.15) is 6.04 Å². The summed E-state index contributed by atoms with van der Waals surface area (Å²) < 4.78 is 1.87. The molecule has 0 radical (unpaired) electrons. The van der Waals surface area contributed by atoms with E-state index in [9.17, 15) is 14.7 Å². The van der Waals surface area contributed by atoms with E-state index in [0.717, 1.165) is 37.1 Å². The summed E-state index contributed by atoms with van der Waals surface area (Å²) >= 11 is 0. The van der Waals surface area contributed by atoms with E-state index in [2.05, 4.69) is 31.2 Å². The molecule has 2 fully saturated rings. The molecule has 0 aliphatic heterocycles. The Balaban J connectivity index is 1.77. The molecule has 1 atom stereocenters. The van der Waals surface area contributed by atoms with Crippen molar-refractivity contribution in [3.05, 3.63) is 23.0 Å². The highest BCUT2D eigenvalue weighted by Gasteiger charge is 2.33. The van der Waals surface area contributed by atoms with E-state index in [4.69, 9.17) is 4.98 Å². The summed E-state index contributed by atoms with van der Waals surface area (Å²) in [4.78, 5) is 29.6. The van der Waals surface area contributed by atoms with Crippen molar-refractivity contribution in [2.75, 3.05) is 0 Å². The maximum absolute atomic E-state index is 13.1. The molecule has 0 spiro atoms. The lowest BCUT2D eigenvalue weighted by atomic mass is 10.0. The minimum atomic E-state index is -0.977. The van der Waals surface area contributed by atoms with Crippen molar-refractivity contribution in [3.8, 4) is 0 Å². The van der Waals surface area contributed by atoms with Crippen molar-refractivity contribution in [1.29, 1.82) is 0 Å². The number of carbonyl (C=O) groups excluding carboxylic acids is 1. The van der Waals surface area contributed by atoms with Gasteiger partial charge in [-0.1, -0.05) is 12.8 Å². The number of fused-ring (bicyclic) bond motifs is 1. The number of aliphatic carboxylic acids is 1. The average molecular weight is 384 g/mol. The number of carboxylic acids is 1. The number of nitrogens with zero attached hydrogens (tertiary/aromatic N) is 3. The van der Waals surface area contributed by atoms with Gasteiger partial charge in [-0.25, -0.2) is 14.5 Å². The summed E-state index contributed by atoms with van der Waals surface area (Å²) in [6.45, 7) is 8.04. The number of hydrogen-bond acceptors (Lipinski definition) is 4. The summed E-state index contributed by atoms with van der Waals surface area (Å²) in [6.07, 6.45) is 4.72. The van der Waals surface area contributed by atoms with Crippen LogP contribution >= 0.6 is 0 Å². The number of nitrogens with one attached hydrogen (secondary N) is 1. The molecule has 7 heteroatoms. The van der Waals surface area contributed by atoms with Crippen molar-refractivity contribution in [3.63, 3.8) is 0 Å². The van der Waals surface area contributed by atoms with Crippen molar-refractivity contribution in [2.24, 2.45) is 5.92 Å². The van der Waals surface area contributed by atoms with Crippen molar-refractivity contribution in [2.45, 2.75) is 77.3 Å². The predicted octanol–water partition coefficient (Wildman–Crippen LogP) is 3.36. The molecule has 2 N–H and O–H groups in total. The van der Waals surface area contributed by atoms with Crippen LogP contribution in [0.2, 0.25) is 0 Å². The van der Waals surface area contributed by atoms with Crippen LogP contribution in [0.5, 0.6) is 0 Å². The first kappa shape index (κ1) is 18.9. The van der Waals surface area contributed by atoms with E-state index in [1.807, 2.05) is 17.7 Å². The van der Waals surface area contributed by atoms with Gasteiger partial charge in [0.15, 0.2) is 5.65 Å². The fourth-order valence-corrected chi connectivity index (χ4v) is 3.69. The smallest absolute Gasteiger partial charge is 0.326 e. The van der Waals surface area contributed by atoms with Crippen molar-refractivity contribution >= 4 is 22.9 Å². The van der Waals surface area contributed by atoms with Crippen LogP contribution < -0.4 is 5.32 Å². The second-order valence-electron chi connectivity index (χ2n) is 9.28. The van der Waals surface area contributed by atoms with Gasteiger partial charge in [0, 0.05) is 11.6 Å². The topological polar surface area (TPSA) is 97.1 Å². The van der Waals surface area contributed by atoms with Crippen molar-refractivity contribution in [1.82, 2.24) is 20.1 Å². The van der Waals surface area contributed by atoms with E-state index >= 15 is 0 Å². The molecular formula is C21H28N4O3. The number of carbonyl (C=O) groups is 2. The first-order valence-electron chi connectivity index (χ1n) is 10.1. The molecule has 2 heterocycles. The molecular weight excluding hydrogens is 356 g/mol. The van der Waals surface area contributed by atoms with Crippen LogP contribution in [-0.2, 0) is 10.3 Å². The third-order valence-corrected chi connectivity index (χ3v) is 5.58. The number of rotatable bonds is 6. The van der Waals surface area contributed by atoms with Crippen LogP contribution in [0.25, 0.3) is 11.0 Å². The van der Waals surface area contributed by atoms with Crippen LogP contribution in [0.4, 0.5) is 0 Å². The van der Waals surface area contributed by atoms with Gasteiger partial charge in [0.25, 0.3) is 5.91 Å². The van der Waals surface area contributed by atoms with Gasteiger partial charge < -0.3 is 10.4 Å². The molecule has 2 aromatic heterocycles. The molecule has 2 aliphatic rings. The van der Waals surface area contributed by atoms with Gasteiger partial charge in [0.05, 0.1) is 22.2 Å². The SMILES string of the molecule is Cc1nn(C(C)(C)C)c2nc(C3CC3)cc(C(=O)NC(CC3CC3)C(=O)O)c12. The summed E-state index contributed by atoms with van der Waals surface area (Å²) in [5.41, 5.74) is 2.55. The minimum absolute atomic E-state index is 0.273. The predicted molar refractivity (Wildman–Crippen MR) is 105 cm³/mol. The highest BCUT2D eigenvalue weighted by Crippen LogP contribution is 2.41. The minimum Gasteiger partial charge on any atom is -0.480 e. The highest BCUT2D eigenvalue weighted by atomic mass is 16.4. The Labute approximate surface area is 164 Å². The first-order chi connectivity index (χ1) is 13.1. The van der Waals surface area contributed by atoms with Gasteiger partial charge in [-0.3, -0.25) is 4.79 Å². The van der Waals surface area contributed by atoms with Crippen LogP contribution in [0, 0.1) is 12.8 Å². The molecule has 2 aromatic rings. The van der Waals surface area contributed by atoms with Gasteiger partial charge in [-0.2, -0.15) is 5.10 Å². The average Bonchev–Trinajstić information content (AvgIpc) is 3.51. The molecule has 0 bridgehead atoms. The lowest BCUT2D eigenvalue weighted by molar-refractivity contribution is -0.139. The van der Waals surface area contributed by atoms with E-state index < -0.39 is 12.0 Å². The van der Waals surface area contributed by atoms with Gasteiger partial charge >= 0.3 is 5.97 Å². The monoisotopic (exact) mass is 384 g/mol. The standard InChI is InChI=1S/C21H28N4O3/c1-11-17-14(19(26)23-16(20(27)28)9-12-5-6-12)10-15(13-7-8-13)22-18(17)25(24-11)21(2,3)4/h10,12-13,16H,5-9H2,1-4H3,(H,23,26)(H,27,28). The lowest BCUT2D eigenvalue weighted by Gasteiger charge is -2.20. The molecule has 0 aromatic carbocycles. The normalized spacial score (nSPS) is 18.3. The number of hydrogen-bond donors (Lipinski definition) is 2. The molecule has 4 rings (SSSR count). The number of carboxylic acid groups (broad SMARTS) is 1. The Morgan fingerprint density at radius 1 is 1.29 bits per heavy atom. The number of amides is 1. The Morgan fingerprint density at radius 3 is 2.50 bits per heavy atom. The number of pyridine rings is 1. The summed E-state index contributed by atoms with van der Waals surface area (Å²) in [6, 6.07) is 0.984. The first-order valence-corrected chi connectivity index (χ1v) is 10.1. The molecule has 2 saturated carbocycles. The molecule has 7 nitrogen and oxygen atoms in total. The van der Waals surface area contributed by atoms with Crippen LogP contribution in [0.15, 0.2) is 6.07 Å². The Kier molecular flexibility index (Phi) is 4.43. The summed E-state index contributed by atoms with van der Waals surface area (Å²) in [5, 5.41) is 17.7. The Bertz CT molecular complexity index is 949. The molecule has 1 unspecified atom stereocenters. The summed E-state index contributed by atoms with van der Waals surface area (Å²) in [5.74, 6) is -0.540. The maximum atomic E-state index is 13.1. The second kappa shape index (κ2) is 6.57. The third kappa shape index (κ3) is 3.62. The molecule has 2 aliphatic carbocycles. The lowest BCUT2D eigenvalue weighted by Crippen LogP contribution is -2.41. The fourth-order valence-electron chi connectivity index (χ4n) is 3.69. The quantitative estimate of drug-likeness (QED) is 0.796. The van der Waals surface area contributed by atoms with Gasteiger partial charge in [-0.15, -0.1) is 0 Å². The second-order valence-corrected chi connectivity index (χ2v) is 9.28. The molecule has 0 saturated heterocycles. The zero-order valence-corrected chi connectivity index (χ0v) is 17.0. The van der Waals surface area contributed by atoms with E-state index in [-0.39, 0.29) is 11.4 Å². The van der Waals surface area contributed by atoms with E-state index in [1.54, 1.807) is 0 Å². The van der Waals surface area contributed by atoms with Crippen molar-refractivity contribution < 1.29 is 14.7 Å². The molecule has 150 valence electrons. The summed E-state index contributed by atoms with van der Waals surface area (Å²) in [7, 11) is 0. The zero-order chi connectivity index (χ0) is 20.2. The number of aryl methyl sites for hydroxylation is 1. The highest BCUT2D eigenvalue weighted by molar-refractivity contribution is 6.07. The van der Waals surface area contributed by atoms with Crippen LogP contribution in [0.3, 0.4) is 0 Å². The largest absolute Gasteiger partial charge is 0.480 e. The number of aromatic nitrogens is 3.